The number of phenolic OH excluding ortho intramolecular Hbond substituents is 1. The zero-order valence-electron chi connectivity index (χ0n) is 12.1. The van der Waals surface area contributed by atoms with Gasteiger partial charge in [-0.05, 0) is 23.8 Å². The number of para-hydroxylation sites is 1. The molecule has 0 saturated heterocycles. The molecule has 3 rings (SSSR count). The Labute approximate surface area is 143 Å². The Bertz CT molecular complexity index is 759. The second-order valence-corrected chi connectivity index (χ2v) is 5.91. The summed E-state index contributed by atoms with van der Waals surface area (Å²) in [6.07, 6.45) is 0.502. The number of hydrogen-bond donors (Lipinski definition) is 1. The van der Waals surface area contributed by atoms with Gasteiger partial charge in [0, 0.05) is 17.0 Å². The highest BCUT2D eigenvalue weighted by Crippen LogP contribution is 2.37. The van der Waals surface area contributed by atoms with E-state index in [1.807, 2.05) is 18.2 Å². The van der Waals surface area contributed by atoms with Crippen molar-refractivity contribution in [3.05, 3.63) is 64.7 Å². The van der Waals surface area contributed by atoms with Gasteiger partial charge in [-0.1, -0.05) is 41.9 Å². The normalized spacial score (nSPS) is 17.2. The average Bonchev–Trinajstić information content (AvgIpc) is 3.00. The molecule has 0 aliphatic carbocycles. The van der Waals surface area contributed by atoms with Crippen LogP contribution < -0.4 is 0 Å². The molecule has 0 fully saturated rings. The molecule has 1 aliphatic heterocycles. The molecule has 2 aromatic carbocycles. The third kappa shape index (κ3) is 3.19. The highest BCUT2D eigenvalue weighted by Gasteiger charge is 2.33. The van der Waals surface area contributed by atoms with Gasteiger partial charge < -0.3 is 5.11 Å². The van der Waals surface area contributed by atoms with E-state index in [1.54, 1.807) is 30.3 Å². The van der Waals surface area contributed by atoms with E-state index in [4.69, 9.17) is 23.2 Å². The monoisotopic (exact) mass is 348 g/mol. The van der Waals surface area contributed by atoms with Crippen molar-refractivity contribution in [2.45, 2.75) is 12.5 Å². The number of hydrogen-bond acceptors (Lipinski definition) is 3. The van der Waals surface area contributed by atoms with Crippen molar-refractivity contribution in [2.75, 3.05) is 5.88 Å². The molecule has 0 spiro atoms. The molecule has 0 saturated carbocycles. The quantitative estimate of drug-likeness (QED) is 0.853. The van der Waals surface area contributed by atoms with E-state index in [0.29, 0.717) is 17.0 Å². The van der Waals surface area contributed by atoms with Crippen LogP contribution in [0.2, 0.25) is 5.02 Å². The Morgan fingerprint density at radius 1 is 1.22 bits per heavy atom. The number of alkyl halides is 1. The molecule has 1 N–H and O–H groups in total. The highest BCUT2D eigenvalue weighted by atomic mass is 35.5. The van der Waals surface area contributed by atoms with Crippen LogP contribution >= 0.6 is 23.2 Å². The molecule has 0 aromatic heterocycles. The minimum Gasteiger partial charge on any atom is -0.508 e. The van der Waals surface area contributed by atoms with E-state index in [-0.39, 0.29) is 23.6 Å². The van der Waals surface area contributed by atoms with Crippen molar-refractivity contribution < 1.29 is 9.90 Å². The fourth-order valence-electron chi connectivity index (χ4n) is 2.63. The number of hydrazone groups is 1. The van der Waals surface area contributed by atoms with Crippen molar-refractivity contribution in [2.24, 2.45) is 5.10 Å². The maximum atomic E-state index is 12.1. The van der Waals surface area contributed by atoms with Gasteiger partial charge in [-0.2, -0.15) is 5.10 Å². The minimum absolute atomic E-state index is 0.137. The maximum Gasteiger partial charge on any atom is 0.258 e. The summed E-state index contributed by atoms with van der Waals surface area (Å²) in [7, 11) is 0. The molecule has 0 unspecified atom stereocenters. The van der Waals surface area contributed by atoms with Gasteiger partial charge in [-0.25, -0.2) is 5.01 Å². The van der Waals surface area contributed by atoms with E-state index in [2.05, 4.69) is 5.10 Å². The molecule has 4 nitrogen and oxygen atoms in total. The third-order valence-corrected chi connectivity index (χ3v) is 4.23. The SMILES string of the molecule is O=C(CCl)N1N=C(c2ccc(Cl)cc2)C[C@@H]1c1ccccc1O. The number of phenols is 1. The molecule has 1 amide bonds. The third-order valence-electron chi connectivity index (χ3n) is 3.75. The first-order valence-corrected chi connectivity index (χ1v) is 8.00. The second-order valence-electron chi connectivity index (χ2n) is 5.20. The predicted molar refractivity (Wildman–Crippen MR) is 91.0 cm³/mol. The van der Waals surface area contributed by atoms with Gasteiger partial charge in [0.05, 0.1) is 11.8 Å². The lowest BCUT2D eigenvalue weighted by molar-refractivity contribution is -0.130. The van der Waals surface area contributed by atoms with Crippen LogP contribution in [0.15, 0.2) is 53.6 Å². The van der Waals surface area contributed by atoms with Gasteiger partial charge in [-0.15, -0.1) is 11.6 Å². The largest absolute Gasteiger partial charge is 0.508 e. The Kier molecular flexibility index (Phi) is 4.55. The van der Waals surface area contributed by atoms with Crippen molar-refractivity contribution >= 4 is 34.8 Å². The molecule has 1 heterocycles. The average molecular weight is 349 g/mol. The van der Waals surface area contributed by atoms with Crippen LogP contribution in [0.25, 0.3) is 0 Å². The van der Waals surface area contributed by atoms with Crippen LogP contribution in [0, 0.1) is 0 Å². The van der Waals surface area contributed by atoms with Gasteiger partial charge in [0.1, 0.15) is 11.6 Å². The summed E-state index contributed by atoms with van der Waals surface area (Å²) in [6, 6.07) is 13.8. The minimum atomic E-state index is -0.367. The number of amides is 1. The molecule has 6 heteroatoms. The topological polar surface area (TPSA) is 52.9 Å². The van der Waals surface area contributed by atoms with Gasteiger partial charge in [0.25, 0.3) is 5.91 Å². The van der Waals surface area contributed by atoms with E-state index in [1.165, 1.54) is 5.01 Å². The molecule has 1 atom stereocenters. The summed E-state index contributed by atoms with van der Waals surface area (Å²) in [5, 5.41) is 16.5. The fraction of sp³-hybridized carbons (Fsp3) is 0.176. The predicted octanol–water partition coefficient (Wildman–Crippen LogP) is 3.96. The lowest BCUT2D eigenvalue weighted by Crippen LogP contribution is -2.28. The van der Waals surface area contributed by atoms with Crippen molar-refractivity contribution in [3.8, 4) is 5.75 Å². The lowest BCUT2D eigenvalue weighted by Gasteiger charge is -2.21. The Hall–Kier alpha value is -2.04. The van der Waals surface area contributed by atoms with Crippen LogP contribution in [0.1, 0.15) is 23.6 Å². The van der Waals surface area contributed by atoms with Crippen molar-refractivity contribution in [1.29, 1.82) is 0 Å². The summed E-state index contributed by atoms with van der Waals surface area (Å²) >= 11 is 11.6. The maximum absolute atomic E-state index is 12.1. The molecule has 0 radical (unpaired) electrons. The molecular weight excluding hydrogens is 335 g/mol. The van der Waals surface area contributed by atoms with Crippen molar-refractivity contribution in [1.82, 2.24) is 5.01 Å². The summed E-state index contributed by atoms with van der Waals surface area (Å²) < 4.78 is 0. The highest BCUT2D eigenvalue weighted by molar-refractivity contribution is 6.30. The van der Waals surface area contributed by atoms with Gasteiger partial charge in [0.2, 0.25) is 0 Å². The number of rotatable bonds is 3. The Morgan fingerprint density at radius 2 is 1.91 bits per heavy atom. The number of carbonyl (C=O) groups excluding carboxylic acids is 1. The van der Waals surface area contributed by atoms with E-state index in [0.717, 1.165) is 11.3 Å². The first-order chi connectivity index (χ1) is 11.1. The Balaban J connectivity index is 1.97. The lowest BCUT2D eigenvalue weighted by atomic mass is 9.98. The number of aromatic hydroxyl groups is 1. The summed E-state index contributed by atoms with van der Waals surface area (Å²) in [5.74, 6) is -0.331. The Morgan fingerprint density at radius 3 is 2.57 bits per heavy atom. The zero-order valence-corrected chi connectivity index (χ0v) is 13.6. The van der Waals surface area contributed by atoms with Gasteiger partial charge >= 0.3 is 0 Å². The molecule has 2 aromatic rings. The second kappa shape index (κ2) is 6.60. The summed E-state index contributed by atoms with van der Waals surface area (Å²) in [4.78, 5) is 12.1. The van der Waals surface area contributed by atoms with Crippen LogP contribution in [0.3, 0.4) is 0 Å². The van der Waals surface area contributed by atoms with Crippen LogP contribution in [-0.2, 0) is 4.79 Å². The molecule has 23 heavy (non-hydrogen) atoms. The van der Waals surface area contributed by atoms with Crippen LogP contribution in [0.5, 0.6) is 5.75 Å². The van der Waals surface area contributed by atoms with Crippen LogP contribution in [-0.4, -0.2) is 27.6 Å². The molecular formula is C17H14Cl2N2O2. The number of carbonyl (C=O) groups is 1. The molecule has 118 valence electrons. The van der Waals surface area contributed by atoms with Crippen molar-refractivity contribution in [3.63, 3.8) is 0 Å². The van der Waals surface area contributed by atoms with Gasteiger partial charge in [-0.3, -0.25) is 4.79 Å². The van der Waals surface area contributed by atoms with Gasteiger partial charge in [0.15, 0.2) is 0 Å². The van der Waals surface area contributed by atoms with Crippen LogP contribution in [0.4, 0.5) is 0 Å². The standard InChI is InChI=1S/C17H14Cl2N2O2/c18-10-17(23)21-15(13-3-1-2-4-16(13)22)9-14(20-21)11-5-7-12(19)8-6-11/h1-8,15,22H,9-10H2/t15-/m1/s1. The zero-order chi connectivity index (χ0) is 16.4. The summed E-state index contributed by atoms with van der Waals surface area (Å²) in [5.41, 5.74) is 2.30. The molecule has 1 aliphatic rings. The number of halogens is 2. The molecule has 0 bridgehead atoms. The summed E-state index contributed by atoms with van der Waals surface area (Å²) in [6.45, 7) is 0. The number of benzene rings is 2. The van der Waals surface area contributed by atoms with E-state index >= 15 is 0 Å². The first kappa shape index (κ1) is 15.8. The first-order valence-electron chi connectivity index (χ1n) is 7.09. The smallest absolute Gasteiger partial charge is 0.258 e. The van der Waals surface area contributed by atoms with E-state index in [9.17, 15) is 9.90 Å². The number of nitrogens with zero attached hydrogens (tertiary/aromatic N) is 2. The van der Waals surface area contributed by atoms with E-state index < -0.39 is 0 Å². The fourth-order valence-corrected chi connectivity index (χ4v) is 2.88.